The molecule has 0 radical (unpaired) electrons. The molecule has 208 valence electrons. The number of carbonyl (C=O) groups is 3. The number of alkyl carbamates (subject to hydrolysis) is 1. The molecule has 0 spiro atoms. The molecule has 3 amide bonds. The minimum atomic E-state index is -4.43. The van der Waals surface area contributed by atoms with E-state index in [4.69, 9.17) is 9.15 Å². The molecule has 4 rings (SSSR count). The Bertz CT molecular complexity index is 1570. The Morgan fingerprint density at radius 1 is 0.900 bits per heavy atom. The number of benzene rings is 3. The SMILES string of the molecule is CC(C)(C)OC(=O)NC(=O)CNC(=O)c1cccc(-c2cccc3oc(Cc4cccc(C(F)(F)F)c4)cc23)c1. The van der Waals surface area contributed by atoms with Crippen molar-refractivity contribution in [1.29, 1.82) is 0 Å². The molecule has 7 nitrogen and oxygen atoms in total. The first-order chi connectivity index (χ1) is 18.8. The number of furan rings is 1. The molecule has 3 aromatic carbocycles. The van der Waals surface area contributed by atoms with Crippen LogP contribution in [0.3, 0.4) is 0 Å². The van der Waals surface area contributed by atoms with Crippen LogP contribution in [-0.2, 0) is 22.1 Å². The van der Waals surface area contributed by atoms with Gasteiger partial charge in [0.15, 0.2) is 0 Å². The normalized spacial score (nSPS) is 11.8. The van der Waals surface area contributed by atoms with Crippen molar-refractivity contribution in [2.24, 2.45) is 0 Å². The highest BCUT2D eigenvalue weighted by Gasteiger charge is 2.30. The third kappa shape index (κ3) is 7.28. The van der Waals surface area contributed by atoms with Gasteiger partial charge in [-0.25, -0.2) is 4.79 Å². The maximum absolute atomic E-state index is 13.1. The average Bonchev–Trinajstić information content (AvgIpc) is 3.28. The summed E-state index contributed by atoms with van der Waals surface area (Å²) in [5.41, 5.74) is 1.26. The summed E-state index contributed by atoms with van der Waals surface area (Å²) in [5.74, 6) is -0.757. The van der Waals surface area contributed by atoms with Crippen LogP contribution in [0.2, 0.25) is 0 Å². The standard InChI is InChI=1S/C30H27F3N2O5/c1-29(2,3)40-28(38)35-26(36)17-34-27(37)20-9-5-8-19(15-20)23-11-6-12-25-24(23)16-22(39-25)14-18-7-4-10-21(13-18)30(31,32)33/h4-13,15-16H,14,17H2,1-3H3,(H,34,37)(H,35,36,38). The summed E-state index contributed by atoms with van der Waals surface area (Å²) < 4.78 is 50.3. The van der Waals surface area contributed by atoms with E-state index in [0.29, 0.717) is 22.5 Å². The Kier molecular flexibility index (Phi) is 7.99. The highest BCUT2D eigenvalue weighted by Crippen LogP contribution is 2.33. The predicted molar refractivity (Wildman–Crippen MR) is 143 cm³/mol. The molecular weight excluding hydrogens is 525 g/mol. The largest absolute Gasteiger partial charge is 0.461 e. The summed E-state index contributed by atoms with van der Waals surface area (Å²) in [6.45, 7) is 4.55. The van der Waals surface area contributed by atoms with Crippen LogP contribution >= 0.6 is 0 Å². The topological polar surface area (TPSA) is 97.6 Å². The fourth-order valence-corrected chi connectivity index (χ4v) is 4.06. The molecule has 0 fully saturated rings. The quantitative estimate of drug-likeness (QED) is 0.285. The number of rotatable bonds is 6. The Labute approximate surface area is 228 Å². The van der Waals surface area contributed by atoms with E-state index >= 15 is 0 Å². The average molecular weight is 553 g/mol. The summed E-state index contributed by atoms with van der Waals surface area (Å²) in [4.78, 5) is 36.5. The molecule has 4 aromatic rings. The number of alkyl halides is 3. The first-order valence-electron chi connectivity index (χ1n) is 12.4. The van der Waals surface area contributed by atoms with E-state index in [0.717, 1.165) is 23.1 Å². The fraction of sp³-hybridized carbons (Fsp3) is 0.233. The van der Waals surface area contributed by atoms with Crippen LogP contribution in [0.4, 0.5) is 18.0 Å². The zero-order valence-electron chi connectivity index (χ0n) is 22.0. The molecule has 40 heavy (non-hydrogen) atoms. The van der Waals surface area contributed by atoms with Gasteiger partial charge in [-0.3, -0.25) is 14.9 Å². The fourth-order valence-electron chi connectivity index (χ4n) is 4.06. The van der Waals surface area contributed by atoms with E-state index in [-0.39, 0.29) is 12.0 Å². The molecule has 0 aliphatic carbocycles. The number of halogens is 3. The molecule has 0 aliphatic heterocycles. The predicted octanol–water partition coefficient (Wildman–Crippen LogP) is 6.49. The monoisotopic (exact) mass is 552 g/mol. The van der Waals surface area contributed by atoms with Gasteiger partial charge in [0.05, 0.1) is 12.1 Å². The van der Waals surface area contributed by atoms with E-state index < -0.39 is 41.8 Å². The molecule has 0 unspecified atom stereocenters. The molecule has 1 aromatic heterocycles. The van der Waals surface area contributed by atoms with Crippen molar-refractivity contribution in [3.8, 4) is 11.1 Å². The van der Waals surface area contributed by atoms with Crippen LogP contribution in [-0.4, -0.2) is 30.1 Å². The summed E-state index contributed by atoms with van der Waals surface area (Å²) in [5, 5.41) is 5.26. The van der Waals surface area contributed by atoms with Gasteiger partial charge in [0, 0.05) is 17.4 Å². The van der Waals surface area contributed by atoms with Gasteiger partial charge in [-0.1, -0.05) is 42.5 Å². The second kappa shape index (κ2) is 11.3. The van der Waals surface area contributed by atoms with Crippen molar-refractivity contribution in [1.82, 2.24) is 10.6 Å². The number of nitrogens with one attached hydrogen (secondary N) is 2. The molecule has 2 N–H and O–H groups in total. The van der Waals surface area contributed by atoms with Gasteiger partial charge in [-0.15, -0.1) is 0 Å². The van der Waals surface area contributed by atoms with E-state index in [9.17, 15) is 27.6 Å². The second-order valence-corrected chi connectivity index (χ2v) is 10.1. The lowest BCUT2D eigenvalue weighted by Crippen LogP contribution is -2.42. The maximum atomic E-state index is 13.1. The summed E-state index contributed by atoms with van der Waals surface area (Å²) in [7, 11) is 0. The number of fused-ring (bicyclic) bond motifs is 1. The third-order valence-electron chi connectivity index (χ3n) is 5.73. The summed E-state index contributed by atoms with van der Waals surface area (Å²) >= 11 is 0. The van der Waals surface area contributed by atoms with Gasteiger partial charge in [0.25, 0.3) is 5.91 Å². The van der Waals surface area contributed by atoms with Crippen LogP contribution in [0.1, 0.15) is 48.0 Å². The number of hydrogen-bond acceptors (Lipinski definition) is 5. The van der Waals surface area contributed by atoms with Gasteiger partial charge in [-0.05, 0) is 67.8 Å². The minimum Gasteiger partial charge on any atom is -0.461 e. The number of amides is 3. The van der Waals surface area contributed by atoms with Gasteiger partial charge < -0.3 is 14.5 Å². The Hall–Kier alpha value is -4.60. The third-order valence-corrected chi connectivity index (χ3v) is 5.73. The number of carbonyl (C=O) groups excluding carboxylic acids is 3. The van der Waals surface area contributed by atoms with Crippen molar-refractivity contribution in [2.45, 2.75) is 39.0 Å². The molecule has 0 atom stereocenters. The summed E-state index contributed by atoms with van der Waals surface area (Å²) in [6.07, 6.45) is -5.17. The number of hydrogen-bond donors (Lipinski definition) is 2. The van der Waals surface area contributed by atoms with Gasteiger partial charge in [0.2, 0.25) is 5.91 Å². The number of ether oxygens (including phenoxy) is 1. The summed E-state index contributed by atoms with van der Waals surface area (Å²) in [6, 6.07) is 19.0. The van der Waals surface area contributed by atoms with E-state index in [1.165, 1.54) is 6.07 Å². The minimum absolute atomic E-state index is 0.172. The molecule has 10 heteroatoms. The van der Waals surface area contributed by atoms with Crippen molar-refractivity contribution >= 4 is 28.9 Å². The van der Waals surface area contributed by atoms with Crippen molar-refractivity contribution in [3.05, 3.63) is 95.2 Å². The van der Waals surface area contributed by atoms with Gasteiger partial charge in [-0.2, -0.15) is 13.2 Å². The Balaban J connectivity index is 1.49. The van der Waals surface area contributed by atoms with E-state index in [1.807, 2.05) is 11.4 Å². The maximum Gasteiger partial charge on any atom is 0.416 e. The van der Waals surface area contributed by atoms with Crippen molar-refractivity contribution in [3.63, 3.8) is 0 Å². The van der Waals surface area contributed by atoms with E-state index in [1.54, 1.807) is 69.3 Å². The van der Waals surface area contributed by atoms with Crippen LogP contribution < -0.4 is 10.6 Å². The first-order valence-corrected chi connectivity index (χ1v) is 12.4. The van der Waals surface area contributed by atoms with E-state index in [2.05, 4.69) is 5.32 Å². The molecule has 1 heterocycles. The van der Waals surface area contributed by atoms with Crippen LogP contribution in [0.15, 0.2) is 77.2 Å². The van der Waals surface area contributed by atoms with Crippen molar-refractivity contribution in [2.75, 3.05) is 6.54 Å². The smallest absolute Gasteiger partial charge is 0.416 e. The molecular formula is C30H27F3N2O5. The second-order valence-electron chi connectivity index (χ2n) is 10.1. The lowest BCUT2D eigenvalue weighted by molar-refractivity contribution is -0.137. The Morgan fingerprint density at radius 2 is 1.62 bits per heavy atom. The molecule has 0 saturated heterocycles. The van der Waals surface area contributed by atoms with Crippen LogP contribution in [0.5, 0.6) is 0 Å². The van der Waals surface area contributed by atoms with Crippen LogP contribution in [0, 0.1) is 0 Å². The molecule has 0 saturated carbocycles. The van der Waals surface area contributed by atoms with Crippen molar-refractivity contribution < 1.29 is 36.7 Å². The number of imide groups is 1. The van der Waals surface area contributed by atoms with Gasteiger partial charge >= 0.3 is 12.3 Å². The zero-order valence-corrected chi connectivity index (χ0v) is 22.0. The molecule has 0 aliphatic rings. The molecule has 0 bridgehead atoms. The van der Waals surface area contributed by atoms with Gasteiger partial charge in [0.1, 0.15) is 16.9 Å². The zero-order chi connectivity index (χ0) is 29.1. The lowest BCUT2D eigenvalue weighted by Gasteiger charge is -2.19. The highest BCUT2D eigenvalue weighted by atomic mass is 19.4. The Morgan fingerprint density at radius 3 is 2.35 bits per heavy atom. The first kappa shape index (κ1) is 28.4. The van der Waals surface area contributed by atoms with Crippen LogP contribution in [0.25, 0.3) is 22.1 Å². The lowest BCUT2D eigenvalue weighted by atomic mass is 9.99. The highest BCUT2D eigenvalue weighted by molar-refractivity contribution is 6.01.